The summed E-state index contributed by atoms with van der Waals surface area (Å²) in [7, 11) is 1.63. The van der Waals surface area contributed by atoms with Crippen molar-refractivity contribution in [2.75, 3.05) is 44.7 Å². The predicted molar refractivity (Wildman–Crippen MR) is 155 cm³/mol. The topological polar surface area (TPSA) is 78.9 Å². The predicted octanol–water partition coefficient (Wildman–Crippen LogP) is 4.67. The minimum Gasteiger partial charge on any atom is -0.497 e. The van der Waals surface area contributed by atoms with Crippen molar-refractivity contribution in [1.29, 1.82) is 0 Å². The normalized spacial score (nSPS) is 13.4. The van der Waals surface area contributed by atoms with Gasteiger partial charge in [-0.25, -0.2) is 4.39 Å². The van der Waals surface area contributed by atoms with Crippen LogP contribution in [0.4, 0.5) is 10.2 Å². The molecule has 0 saturated carbocycles. The molecule has 1 saturated heterocycles. The van der Waals surface area contributed by atoms with Gasteiger partial charge in [0.05, 0.1) is 12.8 Å². The highest BCUT2D eigenvalue weighted by atomic mass is 19.1. The molecule has 0 N–H and O–H groups in total. The Morgan fingerprint density at radius 1 is 0.878 bits per heavy atom. The number of hydrogen-bond acceptors (Lipinski definition) is 6. The maximum atomic E-state index is 13.9. The van der Waals surface area contributed by atoms with Crippen molar-refractivity contribution in [3.05, 3.63) is 108 Å². The Kier molecular flexibility index (Phi) is 8.83. The van der Waals surface area contributed by atoms with Gasteiger partial charge in [-0.3, -0.25) is 9.59 Å². The summed E-state index contributed by atoms with van der Waals surface area (Å²) in [6.45, 7) is 2.54. The number of rotatable bonds is 8. The summed E-state index contributed by atoms with van der Waals surface area (Å²) < 4.78 is 19.1. The molecule has 1 aliphatic rings. The van der Waals surface area contributed by atoms with E-state index in [2.05, 4.69) is 15.1 Å². The molecule has 0 radical (unpaired) electrons. The van der Waals surface area contributed by atoms with Gasteiger partial charge in [-0.2, -0.15) is 0 Å². The van der Waals surface area contributed by atoms with Crippen molar-refractivity contribution in [2.24, 2.45) is 0 Å². The Balaban J connectivity index is 1.24. The molecule has 8 nitrogen and oxygen atoms in total. The number of carbonyl (C=O) groups excluding carboxylic acids is 2. The van der Waals surface area contributed by atoms with E-state index in [-0.39, 0.29) is 30.5 Å². The van der Waals surface area contributed by atoms with Crippen LogP contribution in [-0.2, 0) is 11.3 Å². The maximum absolute atomic E-state index is 13.9. The molecule has 2 heterocycles. The lowest BCUT2D eigenvalue weighted by atomic mass is 10.1. The average Bonchev–Trinajstić information content (AvgIpc) is 3.28. The van der Waals surface area contributed by atoms with Gasteiger partial charge in [0.25, 0.3) is 5.91 Å². The monoisotopic (exact) mass is 553 g/mol. The molecule has 41 heavy (non-hydrogen) atoms. The van der Waals surface area contributed by atoms with Crippen LogP contribution in [0.25, 0.3) is 11.3 Å². The zero-order valence-electron chi connectivity index (χ0n) is 22.9. The standard InChI is InChI=1S/C32H32FN5O3/c1-41-28-13-11-25(12-14-28)29-15-16-30(35-34-29)36-17-6-18-37(20-19-36)31(39)23-38(22-24-7-3-2-4-8-24)32(40)26-9-5-10-27(33)21-26/h2-5,7-16,21H,6,17-20,22-23H2,1H3. The highest BCUT2D eigenvalue weighted by Gasteiger charge is 2.25. The van der Waals surface area contributed by atoms with Crippen LogP contribution in [0.15, 0.2) is 91.0 Å². The summed E-state index contributed by atoms with van der Waals surface area (Å²) >= 11 is 0. The second kappa shape index (κ2) is 13.0. The first-order chi connectivity index (χ1) is 20.0. The lowest BCUT2D eigenvalue weighted by Gasteiger charge is -2.27. The van der Waals surface area contributed by atoms with E-state index in [0.717, 1.165) is 41.4 Å². The van der Waals surface area contributed by atoms with Gasteiger partial charge in [0, 0.05) is 43.9 Å². The first-order valence-corrected chi connectivity index (χ1v) is 13.6. The summed E-state index contributed by atoms with van der Waals surface area (Å²) in [4.78, 5) is 32.2. The quantitative estimate of drug-likeness (QED) is 0.316. The van der Waals surface area contributed by atoms with Crippen LogP contribution in [0.2, 0.25) is 0 Å². The number of amides is 2. The first kappa shape index (κ1) is 27.8. The van der Waals surface area contributed by atoms with Gasteiger partial charge < -0.3 is 19.4 Å². The molecule has 0 aliphatic carbocycles. The van der Waals surface area contributed by atoms with Crippen LogP contribution in [-0.4, -0.2) is 71.6 Å². The molecule has 0 unspecified atom stereocenters. The number of hydrogen-bond donors (Lipinski definition) is 0. The highest BCUT2D eigenvalue weighted by Crippen LogP contribution is 2.22. The molecule has 9 heteroatoms. The zero-order chi connectivity index (χ0) is 28.6. The molecule has 0 bridgehead atoms. The molecule has 2 amide bonds. The molecule has 210 valence electrons. The summed E-state index contributed by atoms with van der Waals surface area (Å²) in [5.41, 5.74) is 2.83. The van der Waals surface area contributed by atoms with Crippen molar-refractivity contribution in [1.82, 2.24) is 20.0 Å². The molecular formula is C32H32FN5O3. The molecule has 4 aromatic rings. The molecule has 1 aromatic heterocycles. The van der Waals surface area contributed by atoms with Crippen LogP contribution in [0.5, 0.6) is 5.75 Å². The number of methoxy groups -OCH3 is 1. The third-order valence-corrected chi connectivity index (χ3v) is 7.11. The number of anilines is 1. The number of aromatic nitrogens is 2. The second-order valence-corrected chi connectivity index (χ2v) is 9.88. The Bertz CT molecular complexity index is 1470. The van der Waals surface area contributed by atoms with Gasteiger partial charge in [0.15, 0.2) is 5.82 Å². The van der Waals surface area contributed by atoms with Crippen LogP contribution >= 0.6 is 0 Å². The van der Waals surface area contributed by atoms with Gasteiger partial charge in [-0.1, -0.05) is 36.4 Å². The number of benzene rings is 3. The zero-order valence-corrected chi connectivity index (χ0v) is 22.9. The van der Waals surface area contributed by atoms with Gasteiger partial charge >= 0.3 is 0 Å². The fraction of sp³-hybridized carbons (Fsp3) is 0.250. The Hall–Kier alpha value is -4.79. The number of carbonyl (C=O) groups is 2. The lowest BCUT2D eigenvalue weighted by molar-refractivity contribution is -0.131. The molecule has 1 fully saturated rings. The van der Waals surface area contributed by atoms with E-state index in [4.69, 9.17) is 4.74 Å². The van der Waals surface area contributed by atoms with E-state index in [1.54, 1.807) is 18.1 Å². The van der Waals surface area contributed by atoms with Gasteiger partial charge in [0.2, 0.25) is 5.91 Å². The first-order valence-electron chi connectivity index (χ1n) is 13.6. The van der Waals surface area contributed by atoms with Crippen LogP contribution in [0.3, 0.4) is 0 Å². The Labute approximate surface area is 239 Å². The van der Waals surface area contributed by atoms with E-state index < -0.39 is 5.82 Å². The summed E-state index contributed by atoms with van der Waals surface area (Å²) in [6, 6.07) is 26.6. The molecular weight excluding hydrogens is 521 g/mol. The minimum absolute atomic E-state index is 0.0966. The second-order valence-electron chi connectivity index (χ2n) is 9.88. The average molecular weight is 554 g/mol. The van der Waals surface area contributed by atoms with Gasteiger partial charge in [-0.15, -0.1) is 10.2 Å². The van der Waals surface area contributed by atoms with Crippen molar-refractivity contribution in [3.63, 3.8) is 0 Å². The van der Waals surface area contributed by atoms with Crippen LogP contribution in [0.1, 0.15) is 22.3 Å². The van der Waals surface area contributed by atoms with Crippen LogP contribution in [0, 0.1) is 5.82 Å². The van der Waals surface area contributed by atoms with E-state index in [1.165, 1.54) is 23.1 Å². The smallest absolute Gasteiger partial charge is 0.254 e. The van der Waals surface area contributed by atoms with E-state index in [9.17, 15) is 14.0 Å². The SMILES string of the molecule is COc1ccc(-c2ccc(N3CCCN(C(=O)CN(Cc4ccccc4)C(=O)c4cccc(F)c4)CC3)nn2)cc1. The molecule has 3 aromatic carbocycles. The van der Waals surface area contributed by atoms with Crippen LogP contribution < -0.4 is 9.64 Å². The van der Waals surface area contributed by atoms with Crippen molar-refractivity contribution in [2.45, 2.75) is 13.0 Å². The van der Waals surface area contributed by atoms with E-state index in [1.807, 2.05) is 66.7 Å². The third-order valence-electron chi connectivity index (χ3n) is 7.11. The molecule has 0 spiro atoms. The Morgan fingerprint density at radius 3 is 2.39 bits per heavy atom. The summed E-state index contributed by atoms with van der Waals surface area (Å²) in [6.07, 6.45) is 0.754. The lowest BCUT2D eigenvalue weighted by Crippen LogP contribution is -2.44. The summed E-state index contributed by atoms with van der Waals surface area (Å²) in [5.74, 6) is 0.514. The highest BCUT2D eigenvalue weighted by molar-refractivity contribution is 5.96. The van der Waals surface area contributed by atoms with Gasteiger partial charge in [-0.05, 0) is 66.6 Å². The van der Waals surface area contributed by atoms with E-state index >= 15 is 0 Å². The van der Waals surface area contributed by atoms with Crippen molar-refractivity contribution in [3.8, 4) is 17.0 Å². The molecule has 1 aliphatic heterocycles. The summed E-state index contributed by atoms with van der Waals surface area (Å²) in [5, 5.41) is 8.86. The van der Waals surface area contributed by atoms with Gasteiger partial charge in [0.1, 0.15) is 18.1 Å². The number of halogens is 1. The molecule has 0 atom stereocenters. The Morgan fingerprint density at radius 2 is 1.68 bits per heavy atom. The third kappa shape index (κ3) is 7.05. The van der Waals surface area contributed by atoms with Crippen molar-refractivity contribution < 1.29 is 18.7 Å². The largest absolute Gasteiger partial charge is 0.497 e. The number of ether oxygens (including phenoxy) is 1. The maximum Gasteiger partial charge on any atom is 0.254 e. The fourth-order valence-electron chi connectivity index (χ4n) is 4.88. The van der Waals surface area contributed by atoms with Crippen molar-refractivity contribution >= 4 is 17.6 Å². The molecule has 5 rings (SSSR count). The minimum atomic E-state index is -0.491. The van der Waals surface area contributed by atoms with E-state index in [0.29, 0.717) is 19.6 Å². The fourth-order valence-corrected chi connectivity index (χ4v) is 4.88. The number of nitrogens with zero attached hydrogens (tertiary/aromatic N) is 5.